The third-order valence-corrected chi connectivity index (χ3v) is 10.2. The number of carbonyl (C=O) groups excluding carboxylic acids is 3. The molecule has 2 aliphatic heterocycles. The average Bonchev–Trinajstić information content (AvgIpc) is 3.49. The van der Waals surface area contributed by atoms with Gasteiger partial charge in [0.15, 0.2) is 0 Å². The topological polar surface area (TPSA) is 69.7 Å². The van der Waals surface area contributed by atoms with Crippen LogP contribution in [0.4, 0.5) is 0 Å². The number of hydrogen-bond donors (Lipinski definition) is 0. The molecule has 5 rings (SSSR count). The second-order valence-electron chi connectivity index (χ2n) is 11.5. The van der Waals surface area contributed by atoms with Crippen LogP contribution < -0.4 is 0 Å². The summed E-state index contributed by atoms with van der Waals surface area (Å²) < 4.78 is 11.0. The number of Topliss-reactive ketones (excluding diaryl/α,β-unsaturated/α-hetero) is 1. The monoisotopic (exact) mass is 430 g/mol. The zero-order chi connectivity index (χ0) is 21.9. The van der Waals surface area contributed by atoms with Gasteiger partial charge in [-0.25, -0.2) is 0 Å². The van der Waals surface area contributed by atoms with E-state index in [4.69, 9.17) is 9.47 Å². The van der Waals surface area contributed by atoms with Crippen molar-refractivity contribution in [3.63, 3.8) is 0 Å². The van der Waals surface area contributed by atoms with E-state index in [1.807, 2.05) is 6.92 Å². The predicted octanol–water partition coefficient (Wildman–Crippen LogP) is 4.57. The molecule has 2 saturated heterocycles. The average molecular weight is 431 g/mol. The minimum absolute atomic E-state index is 0.0954. The Morgan fingerprint density at radius 1 is 1.13 bits per heavy atom. The van der Waals surface area contributed by atoms with Gasteiger partial charge < -0.3 is 9.47 Å². The molecule has 0 aromatic carbocycles. The molecule has 10 atom stereocenters. The molecule has 2 heterocycles. The number of esters is 2. The number of fused-ring (bicyclic) bond motifs is 5. The van der Waals surface area contributed by atoms with Crippen molar-refractivity contribution in [2.45, 2.75) is 84.7 Å². The summed E-state index contributed by atoms with van der Waals surface area (Å²) in [6.45, 7) is 6.77. The van der Waals surface area contributed by atoms with E-state index in [-0.39, 0.29) is 23.2 Å². The normalized spacial score (nSPS) is 47.5. The molecule has 10 unspecified atom stereocenters. The Morgan fingerprint density at radius 3 is 2.65 bits per heavy atom. The number of cyclic esters (lactones) is 2. The Kier molecular flexibility index (Phi) is 5.55. The summed E-state index contributed by atoms with van der Waals surface area (Å²) in [6.07, 6.45) is 9.75. The molecule has 31 heavy (non-hydrogen) atoms. The lowest BCUT2D eigenvalue weighted by Gasteiger charge is -2.43. The molecule has 3 aliphatic carbocycles. The van der Waals surface area contributed by atoms with Crippen LogP contribution in [-0.2, 0) is 23.9 Å². The molecule has 0 aromatic rings. The molecule has 5 fully saturated rings. The molecule has 0 N–H and O–H groups in total. The van der Waals surface area contributed by atoms with Crippen molar-refractivity contribution in [2.75, 3.05) is 6.61 Å². The summed E-state index contributed by atoms with van der Waals surface area (Å²) in [5, 5.41) is 0. The molecule has 5 aliphatic rings. The van der Waals surface area contributed by atoms with E-state index >= 15 is 0 Å². The van der Waals surface area contributed by atoms with Gasteiger partial charge in [0.25, 0.3) is 0 Å². The van der Waals surface area contributed by atoms with Gasteiger partial charge >= 0.3 is 11.9 Å². The van der Waals surface area contributed by atoms with Crippen LogP contribution in [0.3, 0.4) is 0 Å². The largest absolute Gasteiger partial charge is 0.393 e. The van der Waals surface area contributed by atoms with Gasteiger partial charge in [-0.05, 0) is 80.0 Å². The first-order valence-corrected chi connectivity index (χ1v) is 12.8. The van der Waals surface area contributed by atoms with E-state index in [9.17, 15) is 14.4 Å². The number of rotatable bonds is 6. The number of hydrogen-bond acceptors (Lipinski definition) is 5. The summed E-state index contributed by atoms with van der Waals surface area (Å²) in [5.74, 6) is 0.655. The first kappa shape index (κ1) is 21.6. The van der Waals surface area contributed by atoms with Crippen LogP contribution in [0.1, 0.15) is 78.6 Å². The van der Waals surface area contributed by atoms with Crippen molar-refractivity contribution in [2.24, 2.45) is 52.8 Å². The van der Waals surface area contributed by atoms with Crippen LogP contribution >= 0.6 is 0 Å². The zero-order valence-corrected chi connectivity index (χ0v) is 19.3. The van der Waals surface area contributed by atoms with Gasteiger partial charge in [0.2, 0.25) is 0 Å². The quantitative estimate of drug-likeness (QED) is 0.456. The highest BCUT2D eigenvalue weighted by Crippen LogP contribution is 2.68. The maximum atomic E-state index is 13.6. The molecule has 0 spiro atoms. The van der Waals surface area contributed by atoms with Crippen LogP contribution in [0.2, 0.25) is 0 Å². The lowest BCUT2D eigenvalue weighted by Crippen LogP contribution is -2.44. The van der Waals surface area contributed by atoms with E-state index in [1.165, 1.54) is 32.1 Å². The Hall–Kier alpha value is -1.23. The maximum Gasteiger partial charge on any atom is 0.320 e. The molecular formula is C26H38O5. The first-order chi connectivity index (χ1) is 14.9. The van der Waals surface area contributed by atoms with Crippen molar-refractivity contribution in [3.05, 3.63) is 0 Å². The molecule has 0 amide bonds. The highest BCUT2D eigenvalue weighted by atomic mass is 16.6. The lowest BCUT2D eigenvalue weighted by molar-refractivity contribution is -0.156. The SMILES string of the molecule is CCC1(CC(=O)C(C)C2C(=O)OC(=O)C2C2OCCCC2C)CC2CC1C1CCCC21. The number of ether oxygens (including phenoxy) is 2. The second kappa shape index (κ2) is 7.97. The highest BCUT2D eigenvalue weighted by molar-refractivity contribution is 6.00. The van der Waals surface area contributed by atoms with E-state index in [0.717, 1.165) is 37.0 Å². The van der Waals surface area contributed by atoms with Gasteiger partial charge in [-0.3, -0.25) is 14.4 Å². The Bertz CT molecular complexity index is 761. The lowest BCUT2D eigenvalue weighted by atomic mass is 9.61. The molecular weight excluding hydrogens is 392 g/mol. The van der Waals surface area contributed by atoms with Crippen molar-refractivity contribution in [1.82, 2.24) is 0 Å². The van der Waals surface area contributed by atoms with Gasteiger partial charge in [-0.1, -0.05) is 27.2 Å². The molecule has 172 valence electrons. The van der Waals surface area contributed by atoms with Crippen LogP contribution in [0.15, 0.2) is 0 Å². The minimum atomic E-state index is -0.697. The molecule has 5 heteroatoms. The van der Waals surface area contributed by atoms with Crippen molar-refractivity contribution >= 4 is 17.7 Å². The smallest absolute Gasteiger partial charge is 0.320 e. The summed E-state index contributed by atoms with van der Waals surface area (Å²) in [6, 6.07) is 0. The van der Waals surface area contributed by atoms with E-state index in [2.05, 4.69) is 13.8 Å². The van der Waals surface area contributed by atoms with Gasteiger partial charge in [0, 0.05) is 18.9 Å². The fourth-order valence-corrected chi connectivity index (χ4v) is 8.63. The van der Waals surface area contributed by atoms with Crippen LogP contribution in [0.25, 0.3) is 0 Å². The summed E-state index contributed by atoms with van der Waals surface area (Å²) in [7, 11) is 0. The summed E-state index contributed by atoms with van der Waals surface area (Å²) >= 11 is 0. The van der Waals surface area contributed by atoms with Crippen LogP contribution in [-0.4, -0.2) is 30.4 Å². The minimum Gasteiger partial charge on any atom is -0.393 e. The van der Waals surface area contributed by atoms with Gasteiger partial charge in [-0.2, -0.15) is 0 Å². The fraction of sp³-hybridized carbons (Fsp3) is 0.885. The van der Waals surface area contributed by atoms with E-state index in [0.29, 0.717) is 18.9 Å². The standard InChI is InChI=1S/C26H38O5/c1-4-26(12-16-11-19(26)18-9-5-8-17(16)18)13-20(27)15(3)21-22(25(29)31-24(21)28)23-14(2)7-6-10-30-23/h14-19,21-23H,4-13H2,1-3H3. The molecule has 0 aromatic heterocycles. The summed E-state index contributed by atoms with van der Waals surface area (Å²) in [5.41, 5.74) is 0.0954. The molecule has 2 bridgehead atoms. The fourth-order valence-electron chi connectivity index (χ4n) is 8.63. The number of carbonyl (C=O) groups is 3. The Balaban J connectivity index is 1.34. The van der Waals surface area contributed by atoms with Gasteiger partial charge in [0.1, 0.15) is 5.78 Å². The third kappa shape index (κ3) is 3.32. The van der Waals surface area contributed by atoms with E-state index in [1.54, 1.807) is 0 Å². The summed E-state index contributed by atoms with van der Waals surface area (Å²) in [4.78, 5) is 38.9. The first-order valence-electron chi connectivity index (χ1n) is 12.8. The predicted molar refractivity (Wildman–Crippen MR) is 115 cm³/mol. The molecule has 0 radical (unpaired) electrons. The van der Waals surface area contributed by atoms with Crippen molar-refractivity contribution < 1.29 is 23.9 Å². The van der Waals surface area contributed by atoms with Crippen LogP contribution in [0, 0.1) is 52.8 Å². The van der Waals surface area contributed by atoms with E-state index < -0.39 is 29.7 Å². The highest BCUT2D eigenvalue weighted by Gasteiger charge is 2.61. The van der Waals surface area contributed by atoms with Crippen molar-refractivity contribution in [3.8, 4) is 0 Å². The van der Waals surface area contributed by atoms with Crippen molar-refractivity contribution in [1.29, 1.82) is 0 Å². The number of ketones is 1. The molecule has 5 nitrogen and oxygen atoms in total. The third-order valence-electron chi connectivity index (χ3n) is 10.2. The molecule has 3 saturated carbocycles. The Labute approximate surface area is 186 Å². The van der Waals surface area contributed by atoms with Gasteiger partial charge in [-0.15, -0.1) is 0 Å². The zero-order valence-electron chi connectivity index (χ0n) is 19.3. The van der Waals surface area contributed by atoms with Gasteiger partial charge in [0.05, 0.1) is 17.9 Å². The second-order valence-corrected chi connectivity index (χ2v) is 11.5. The van der Waals surface area contributed by atoms with Crippen LogP contribution in [0.5, 0.6) is 0 Å². The maximum absolute atomic E-state index is 13.6. The Morgan fingerprint density at radius 2 is 1.90 bits per heavy atom.